The first kappa shape index (κ1) is 21.9. The lowest BCUT2D eigenvalue weighted by Crippen LogP contribution is -2.55. The molecule has 2 aromatic rings. The predicted octanol–water partition coefficient (Wildman–Crippen LogP) is 2.58. The third-order valence-electron chi connectivity index (χ3n) is 7.52. The van der Waals surface area contributed by atoms with E-state index in [2.05, 4.69) is 45.9 Å². The number of amides is 3. The third kappa shape index (κ3) is 4.35. The maximum atomic E-state index is 13.3. The number of benzene rings is 2. The molecule has 7 heteroatoms. The number of nitrogens with zero attached hydrogens (tertiary/aromatic N) is 2. The Hall–Kier alpha value is -2.90. The minimum absolute atomic E-state index is 0.0901. The van der Waals surface area contributed by atoms with Gasteiger partial charge in [0.2, 0.25) is 0 Å². The van der Waals surface area contributed by atoms with Crippen molar-refractivity contribution in [1.29, 1.82) is 0 Å². The van der Waals surface area contributed by atoms with E-state index >= 15 is 0 Å². The van der Waals surface area contributed by atoms with Gasteiger partial charge in [0, 0.05) is 32.1 Å². The zero-order valence-corrected chi connectivity index (χ0v) is 19.1. The van der Waals surface area contributed by atoms with Crippen LogP contribution in [0.15, 0.2) is 54.6 Å². The van der Waals surface area contributed by atoms with Crippen LogP contribution in [0.1, 0.15) is 29.9 Å². The Morgan fingerprint density at radius 1 is 1.00 bits per heavy atom. The van der Waals surface area contributed by atoms with E-state index in [0.29, 0.717) is 24.7 Å². The summed E-state index contributed by atoms with van der Waals surface area (Å²) < 4.78 is 5.19. The molecule has 33 heavy (non-hydrogen) atoms. The molecule has 0 aliphatic carbocycles. The average molecular weight is 449 g/mol. The first-order valence-electron chi connectivity index (χ1n) is 11.8. The summed E-state index contributed by atoms with van der Waals surface area (Å²) in [7, 11) is 1.62. The van der Waals surface area contributed by atoms with Crippen molar-refractivity contribution in [2.75, 3.05) is 39.8 Å². The molecule has 5 rings (SSSR count). The van der Waals surface area contributed by atoms with Crippen LogP contribution in [0.3, 0.4) is 0 Å². The summed E-state index contributed by atoms with van der Waals surface area (Å²) in [6, 6.07) is 17.9. The number of ether oxygens (including phenoxy) is 1. The molecule has 0 unspecified atom stereocenters. The Bertz CT molecular complexity index is 986. The number of likely N-dealkylation sites (tertiary alicyclic amines) is 1. The highest BCUT2D eigenvalue weighted by atomic mass is 16.5. The molecular weight excluding hydrogens is 416 g/mol. The van der Waals surface area contributed by atoms with Crippen LogP contribution in [0, 0.1) is 5.92 Å². The summed E-state index contributed by atoms with van der Waals surface area (Å²) in [6.07, 6.45) is 1.32. The standard InChI is InChI=1S/C26H32N4O3/c1-33-22-9-7-19(8-10-22)17-30-24(31)26(28-25(30)32)11-13-29(14-12-26)18-21-15-27-16-23(21)20-5-3-2-4-6-20/h2-10,21,23,27H,11-18H2,1H3,(H,28,32)/t21-,23+/m0/s1. The number of hydrogen-bond acceptors (Lipinski definition) is 5. The molecule has 0 aromatic heterocycles. The molecule has 174 valence electrons. The largest absolute Gasteiger partial charge is 0.497 e. The minimum Gasteiger partial charge on any atom is -0.497 e. The molecule has 0 saturated carbocycles. The van der Waals surface area contributed by atoms with E-state index < -0.39 is 5.54 Å². The van der Waals surface area contributed by atoms with Crippen LogP contribution >= 0.6 is 0 Å². The van der Waals surface area contributed by atoms with Gasteiger partial charge in [-0.05, 0) is 48.6 Å². The summed E-state index contributed by atoms with van der Waals surface area (Å²) in [6.45, 7) is 4.97. The molecule has 2 N–H and O–H groups in total. The van der Waals surface area contributed by atoms with Gasteiger partial charge in [0.05, 0.1) is 13.7 Å². The Morgan fingerprint density at radius 2 is 1.73 bits per heavy atom. The molecule has 0 bridgehead atoms. The molecule has 3 aliphatic heterocycles. The SMILES string of the molecule is COc1ccc(CN2C(=O)NC3(CCN(C[C@@H]4CNC[C@@H]4c4ccccc4)CC3)C2=O)cc1. The normalized spacial score (nSPS) is 24.9. The van der Waals surface area contributed by atoms with Crippen LogP contribution in [0.2, 0.25) is 0 Å². The van der Waals surface area contributed by atoms with Crippen molar-refractivity contribution in [3.05, 3.63) is 65.7 Å². The average Bonchev–Trinajstić information content (AvgIpc) is 3.40. The summed E-state index contributed by atoms with van der Waals surface area (Å²) in [4.78, 5) is 29.8. The first-order chi connectivity index (χ1) is 16.1. The molecular formula is C26H32N4O3. The molecule has 3 amide bonds. The highest BCUT2D eigenvalue weighted by Gasteiger charge is 2.52. The monoisotopic (exact) mass is 448 g/mol. The molecule has 3 saturated heterocycles. The molecule has 0 radical (unpaired) electrons. The number of urea groups is 1. The summed E-state index contributed by atoms with van der Waals surface area (Å²) >= 11 is 0. The lowest BCUT2D eigenvalue weighted by Gasteiger charge is -2.38. The molecule has 2 aromatic carbocycles. The van der Waals surface area contributed by atoms with Crippen molar-refractivity contribution in [1.82, 2.24) is 20.4 Å². The van der Waals surface area contributed by atoms with Gasteiger partial charge in [0.25, 0.3) is 5.91 Å². The van der Waals surface area contributed by atoms with Gasteiger partial charge in [-0.15, -0.1) is 0 Å². The molecule has 3 aliphatic rings. The van der Waals surface area contributed by atoms with Crippen LogP contribution in [0.25, 0.3) is 0 Å². The van der Waals surface area contributed by atoms with Crippen molar-refractivity contribution >= 4 is 11.9 Å². The van der Waals surface area contributed by atoms with Crippen molar-refractivity contribution in [2.45, 2.75) is 30.8 Å². The van der Waals surface area contributed by atoms with Gasteiger partial charge in [-0.3, -0.25) is 9.69 Å². The smallest absolute Gasteiger partial charge is 0.325 e. The number of imide groups is 1. The Kier molecular flexibility index (Phi) is 6.08. The van der Waals surface area contributed by atoms with Gasteiger partial charge in [-0.1, -0.05) is 42.5 Å². The van der Waals surface area contributed by atoms with E-state index in [-0.39, 0.29) is 18.5 Å². The Labute approximate surface area is 195 Å². The van der Waals surface area contributed by atoms with Crippen LogP contribution in [-0.4, -0.2) is 67.1 Å². The lowest BCUT2D eigenvalue weighted by molar-refractivity contribution is -0.133. The number of carbonyl (C=O) groups is 2. The maximum absolute atomic E-state index is 13.3. The molecule has 1 spiro atoms. The van der Waals surface area contributed by atoms with Gasteiger partial charge in [0.1, 0.15) is 11.3 Å². The molecule has 3 fully saturated rings. The fourth-order valence-corrected chi connectivity index (χ4v) is 5.54. The lowest BCUT2D eigenvalue weighted by atomic mass is 9.85. The van der Waals surface area contributed by atoms with Gasteiger partial charge in [-0.2, -0.15) is 0 Å². The van der Waals surface area contributed by atoms with Crippen molar-refractivity contribution < 1.29 is 14.3 Å². The Balaban J connectivity index is 1.19. The summed E-state index contributed by atoms with van der Waals surface area (Å²) in [5, 5.41) is 6.59. The molecule has 3 heterocycles. The summed E-state index contributed by atoms with van der Waals surface area (Å²) in [5.74, 6) is 1.75. The van der Waals surface area contributed by atoms with E-state index in [9.17, 15) is 9.59 Å². The predicted molar refractivity (Wildman–Crippen MR) is 126 cm³/mol. The highest BCUT2D eigenvalue weighted by molar-refractivity contribution is 6.07. The summed E-state index contributed by atoms with van der Waals surface area (Å²) in [5.41, 5.74) is 1.55. The van der Waals surface area contributed by atoms with E-state index in [0.717, 1.165) is 44.0 Å². The number of hydrogen-bond donors (Lipinski definition) is 2. The molecule has 7 nitrogen and oxygen atoms in total. The van der Waals surface area contributed by atoms with Crippen LogP contribution in [0.4, 0.5) is 4.79 Å². The number of piperidine rings is 1. The van der Waals surface area contributed by atoms with E-state index in [1.165, 1.54) is 10.5 Å². The van der Waals surface area contributed by atoms with E-state index in [1.54, 1.807) is 7.11 Å². The quantitative estimate of drug-likeness (QED) is 0.665. The van der Waals surface area contributed by atoms with Crippen LogP contribution in [0.5, 0.6) is 5.75 Å². The second kappa shape index (κ2) is 9.15. The molecule has 2 atom stereocenters. The fraction of sp³-hybridized carbons (Fsp3) is 0.462. The van der Waals surface area contributed by atoms with Gasteiger partial charge < -0.3 is 20.3 Å². The van der Waals surface area contributed by atoms with Crippen LogP contribution in [-0.2, 0) is 11.3 Å². The van der Waals surface area contributed by atoms with Crippen molar-refractivity contribution in [2.24, 2.45) is 5.92 Å². The topological polar surface area (TPSA) is 73.9 Å². The fourth-order valence-electron chi connectivity index (χ4n) is 5.54. The zero-order valence-electron chi connectivity index (χ0n) is 19.1. The van der Waals surface area contributed by atoms with Gasteiger partial charge in [-0.25, -0.2) is 4.79 Å². The number of methoxy groups -OCH3 is 1. The number of rotatable bonds is 6. The van der Waals surface area contributed by atoms with Gasteiger partial charge in [0.15, 0.2) is 0 Å². The van der Waals surface area contributed by atoms with E-state index in [1.807, 2.05) is 24.3 Å². The highest BCUT2D eigenvalue weighted by Crippen LogP contribution is 2.33. The van der Waals surface area contributed by atoms with Gasteiger partial charge >= 0.3 is 6.03 Å². The van der Waals surface area contributed by atoms with E-state index in [4.69, 9.17) is 4.74 Å². The minimum atomic E-state index is -0.757. The number of carbonyl (C=O) groups excluding carboxylic acids is 2. The number of nitrogens with one attached hydrogen (secondary N) is 2. The maximum Gasteiger partial charge on any atom is 0.325 e. The zero-order chi connectivity index (χ0) is 22.8. The third-order valence-corrected chi connectivity index (χ3v) is 7.52. The van der Waals surface area contributed by atoms with Crippen molar-refractivity contribution in [3.63, 3.8) is 0 Å². The van der Waals surface area contributed by atoms with Crippen LogP contribution < -0.4 is 15.4 Å². The first-order valence-corrected chi connectivity index (χ1v) is 11.8. The Morgan fingerprint density at radius 3 is 2.42 bits per heavy atom. The van der Waals surface area contributed by atoms with Crippen molar-refractivity contribution in [3.8, 4) is 5.75 Å². The second-order valence-electron chi connectivity index (χ2n) is 9.49. The second-order valence-corrected chi connectivity index (χ2v) is 9.49.